The number of aliphatic hydroxyl groups excluding tert-OH is 1. The van der Waals surface area contributed by atoms with Gasteiger partial charge in [-0.25, -0.2) is 0 Å². The molecular weight excluding hydrogens is 282 g/mol. The first kappa shape index (κ1) is 14.5. The fourth-order valence-corrected chi connectivity index (χ4v) is 4.01. The van der Waals surface area contributed by atoms with Crippen molar-refractivity contribution in [1.82, 2.24) is 4.98 Å². The molecule has 2 heterocycles. The van der Waals surface area contributed by atoms with Crippen LogP contribution in [0.25, 0.3) is 0 Å². The van der Waals surface area contributed by atoms with Crippen molar-refractivity contribution in [3.63, 3.8) is 0 Å². The molecular formula is C17H21NO2S. The summed E-state index contributed by atoms with van der Waals surface area (Å²) in [6.45, 7) is 3.98. The SMILES string of the molecule is CC(C)Oc1cncc(C(O)C2CCCc3sccc32)c1. The third-order valence-electron chi connectivity index (χ3n) is 3.93. The van der Waals surface area contributed by atoms with Gasteiger partial charge in [0, 0.05) is 22.6 Å². The van der Waals surface area contributed by atoms with Gasteiger partial charge in [-0.2, -0.15) is 0 Å². The summed E-state index contributed by atoms with van der Waals surface area (Å²) in [4.78, 5) is 5.64. The van der Waals surface area contributed by atoms with Gasteiger partial charge in [0.05, 0.1) is 18.4 Å². The Bertz CT molecular complexity index is 608. The molecule has 112 valence electrons. The van der Waals surface area contributed by atoms with Gasteiger partial charge in [0.25, 0.3) is 0 Å². The summed E-state index contributed by atoms with van der Waals surface area (Å²) in [5, 5.41) is 12.9. The van der Waals surface area contributed by atoms with Gasteiger partial charge < -0.3 is 9.84 Å². The predicted molar refractivity (Wildman–Crippen MR) is 85.0 cm³/mol. The first-order valence-corrected chi connectivity index (χ1v) is 8.39. The number of nitrogens with zero attached hydrogens (tertiary/aromatic N) is 1. The Labute approximate surface area is 129 Å². The van der Waals surface area contributed by atoms with Gasteiger partial charge in [0.2, 0.25) is 0 Å². The highest BCUT2D eigenvalue weighted by molar-refractivity contribution is 7.10. The normalized spacial score (nSPS) is 19.3. The van der Waals surface area contributed by atoms with Gasteiger partial charge in [0.15, 0.2) is 0 Å². The summed E-state index contributed by atoms with van der Waals surface area (Å²) in [7, 11) is 0. The molecule has 1 aliphatic rings. The Kier molecular flexibility index (Phi) is 4.27. The van der Waals surface area contributed by atoms with Gasteiger partial charge in [-0.05, 0) is 56.2 Å². The molecule has 0 aliphatic heterocycles. The van der Waals surface area contributed by atoms with Gasteiger partial charge in [-0.3, -0.25) is 4.98 Å². The molecule has 2 aromatic rings. The molecule has 1 aliphatic carbocycles. The smallest absolute Gasteiger partial charge is 0.138 e. The average molecular weight is 303 g/mol. The monoisotopic (exact) mass is 303 g/mol. The summed E-state index contributed by atoms with van der Waals surface area (Å²) >= 11 is 1.80. The molecule has 0 fully saturated rings. The number of aromatic nitrogens is 1. The van der Waals surface area contributed by atoms with Crippen LogP contribution in [-0.2, 0) is 6.42 Å². The minimum atomic E-state index is -0.512. The largest absolute Gasteiger partial charge is 0.489 e. The molecule has 3 nitrogen and oxygen atoms in total. The lowest BCUT2D eigenvalue weighted by Crippen LogP contribution is -2.16. The number of aryl methyl sites for hydroxylation is 1. The van der Waals surface area contributed by atoms with Crippen LogP contribution >= 0.6 is 11.3 Å². The van der Waals surface area contributed by atoms with E-state index in [1.54, 1.807) is 23.7 Å². The van der Waals surface area contributed by atoms with Crippen LogP contribution in [0.3, 0.4) is 0 Å². The summed E-state index contributed by atoms with van der Waals surface area (Å²) in [5.41, 5.74) is 2.16. The van der Waals surface area contributed by atoms with Gasteiger partial charge in [-0.15, -0.1) is 11.3 Å². The van der Waals surface area contributed by atoms with E-state index in [-0.39, 0.29) is 12.0 Å². The highest BCUT2D eigenvalue weighted by Gasteiger charge is 2.28. The van der Waals surface area contributed by atoms with E-state index in [2.05, 4.69) is 16.4 Å². The van der Waals surface area contributed by atoms with E-state index < -0.39 is 6.10 Å². The van der Waals surface area contributed by atoms with E-state index in [4.69, 9.17) is 4.74 Å². The van der Waals surface area contributed by atoms with Crippen LogP contribution in [0.15, 0.2) is 29.9 Å². The molecule has 0 amide bonds. The first-order chi connectivity index (χ1) is 10.1. The molecule has 0 bridgehead atoms. The van der Waals surface area contributed by atoms with Gasteiger partial charge in [-0.1, -0.05) is 0 Å². The van der Waals surface area contributed by atoms with Crippen molar-refractivity contribution in [3.8, 4) is 5.75 Å². The van der Waals surface area contributed by atoms with E-state index in [0.717, 1.165) is 30.6 Å². The molecule has 0 spiro atoms. The van der Waals surface area contributed by atoms with Gasteiger partial charge in [0.1, 0.15) is 5.75 Å². The number of aliphatic hydroxyl groups is 1. The molecule has 0 saturated heterocycles. The third kappa shape index (κ3) is 3.11. The lowest BCUT2D eigenvalue weighted by atomic mass is 9.82. The number of fused-ring (bicyclic) bond motifs is 1. The van der Waals surface area contributed by atoms with Crippen molar-refractivity contribution < 1.29 is 9.84 Å². The molecule has 4 heteroatoms. The standard InChI is InChI=1S/C17H21NO2S/c1-11(2)20-13-8-12(9-18-10-13)17(19)15-4-3-5-16-14(15)6-7-21-16/h6-11,15,17,19H,3-5H2,1-2H3. The molecule has 21 heavy (non-hydrogen) atoms. The second-order valence-corrected chi connectivity index (χ2v) is 6.86. The molecule has 1 N–H and O–H groups in total. The van der Waals surface area contributed by atoms with E-state index in [0.29, 0.717) is 0 Å². The minimum Gasteiger partial charge on any atom is -0.489 e. The lowest BCUT2D eigenvalue weighted by Gasteiger charge is -2.27. The molecule has 0 radical (unpaired) electrons. The van der Waals surface area contributed by atoms with Crippen LogP contribution in [0.2, 0.25) is 0 Å². The molecule has 0 aromatic carbocycles. The Hall–Kier alpha value is -1.39. The van der Waals surface area contributed by atoms with Crippen molar-refractivity contribution in [3.05, 3.63) is 45.9 Å². The quantitative estimate of drug-likeness (QED) is 0.925. The molecule has 2 unspecified atom stereocenters. The minimum absolute atomic E-state index is 0.109. The van der Waals surface area contributed by atoms with Crippen LogP contribution in [0.5, 0.6) is 5.75 Å². The van der Waals surface area contributed by atoms with Crippen LogP contribution in [-0.4, -0.2) is 16.2 Å². The fourth-order valence-electron chi connectivity index (χ4n) is 3.02. The van der Waals surface area contributed by atoms with Crippen molar-refractivity contribution in [1.29, 1.82) is 0 Å². The topological polar surface area (TPSA) is 42.4 Å². The zero-order valence-electron chi connectivity index (χ0n) is 12.5. The zero-order chi connectivity index (χ0) is 14.8. The molecule has 2 aromatic heterocycles. The number of hydrogen-bond donors (Lipinski definition) is 1. The highest BCUT2D eigenvalue weighted by Crippen LogP contribution is 2.42. The van der Waals surface area contributed by atoms with Crippen molar-refractivity contribution in [2.45, 2.75) is 51.2 Å². The van der Waals surface area contributed by atoms with Crippen molar-refractivity contribution in [2.75, 3.05) is 0 Å². The Morgan fingerprint density at radius 3 is 3.05 bits per heavy atom. The summed E-state index contributed by atoms with van der Waals surface area (Å²) in [6, 6.07) is 4.08. The van der Waals surface area contributed by atoms with E-state index in [1.165, 1.54) is 10.4 Å². The summed E-state index contributed by atoms with van der Waals surface area (Å²) in [6.07, 6.45) is 6.36. The lowest BCUT2D eigenvalue weighted by molar-refractivity contribution is 0.135. The number of hydrogen-bond acceptors (Lipinski definition) is 4. The number of pyridine rings is 1. The Balaban J connectivity index is 1.84. The van der Waals surface area contributed by atoms with Crippen LogP contribution in [0.4, 0.5) is 0 Å². The maximum absolute atomic E-state index is 10.8. The second-order valence-electron chi connectivity index (χ2n) is 5.86. The predicted octanol–water partition coefficient (Wildman–Crippen LogP) is 4.08. The van der Waals surface area contributed by atoms with Crippen LogP contribution in [0, 0.1) is 0 Å². The third-order valence-corrected chi connectivity index (χ3v) is 4.92. The van der Waals surface area contributed by atoms with Crippen molar-refractivity contribution >= 4 is 11.3 Å². The fraction of sp³-hybridized carbons (Fsp3) is 0.471. The number of thiophene rings is 1. The summed E-state index contributed by atoms with van der Waals surface area (Å²) in [5.74, 6) is 0.902. The maximum atomic E-state index is 10.8. The Morgan fingerprint density at radius 1 is 1.38 bits per heavy atom. The zero-order valence-corrected chi connectivity index (χ0v) is 13.3. The van der Waals surface area contributed by atoms with Crippen LogP contribution < -0.4 is 4.74 Å². The van der Waals surface area contributed by atoms with Crippen molar-refractivity contribution in [2.24, 2.45) is 0 Å². The van der Waals surface area contributed by atoms with E-state index in [9.17, 15) is 5.11 Å². The highest BCUT2D eigenvalue weighted by atomic mass is 32.1. The molecule has 2 atom stereocenters. The Morgan fingerprint density at radius 2 is 2.24 bits per heavy atom. The average Bonchev–Trinajstić information content (AvgIpc) is 2.94. The van der Waals surface area contributed by atoms with E-state index >= 15 is 0 Å². The molecule has 0 saturated carbocycles. The second kappa shape index (κ2) is 6.16. The first-order valence-electron chi connectivity index (χ1n) is 7.51. The van der Waals surface area contributed by atoms with Gasteiger partial charge >= 0.3 is 0 Å². The van der Waals surface area contributed by atoms with E-state index in [1.807, 2.05) is 19.9 Å². The number of rotatable bonds is 4. The van der Waals surface area contributed by atoms with Crippen LogP contribution in [0.1, 0.15) is 54.7 Å². The summed E-state index contributed by atoms with van der Waals surface area (Å²) < 4.78 is 5.68. The maximum Gasteiger partial charge on any atom is 0.138 e. The molecule has 3 rings (SSSR count). The number of ether oxygens (including phenoxy) is 1.